The molecule has 0 bridgehead atoms. The van der Waals surface area contributed by atoms with E-state index in [4.69, 9.17) is 5.73 Å². The van der Waals surface area contributed by atoms with E-state index in [0.717, 1.165) is 12.8 Å². The van der Waals surface area contributed by atoms with Gasteiger partial charge in [-0.15, -0.1) is 0 Å². The number of carboxylic acids is 1. The standard InChI is InChI=1S/C12H21N3O3/c1-8-2-5-15(10(8)11(16)17)12(18)14-4-3-9(6-13)7-14/h8-10H,2-7,13H2,1H3,(H,16,17). The van der Waals surface area contributed by atoms with Crippen LogP contribution < -0.4 is 5.73 Å². The summed E-state index contributed by atoms with van der Waals surface area (Å²) in [4.78, 5) is 26.8. The fraction of sp³-hybridized carbons (Fsp3) is 0.833. The lowest BCUT2D eigenvalue weighted by Crippen LogP contribution is -2.48. The number of hydrogen-bond donors (Lipinski definition) is 2. The van der Waals surface area contributed by atoms with Crippen LogP contribution in [-0.4, -0.2) is 59.1 Å². The number of likely N-dealkylation sites (tertiary alicyclic amines) is 2. The number of aliphatic carboxylic acids is 1. The van der Waals surface area contributed by atoms with Crippen molar-refractivity contribution in [1.82, 2.24) is 9.80 Å². The first-order valence-electron chi connectivity index (χ1n) is 6.53. The van der Waals surface area contributed by atoms with Gasteiger partial charge in [0, 0.05) is 19.6 Å². The highest BCUT2D eigenvalue weighted by atomic mass is 16.4. The second-order valence-corrected chi connectivity index (χ2v) is 5.36. The van der Waals surface area contributed by atoms with Gasteiger partial charge in [0.25, 0.3) is 0 Å². The van der Waals surface area contributed by atoms with Crippen LogP contribution in [0, 0.1) is 11.8 Å². The molecule has 2 amide bonds. The van der Waals surface area contributed by atoms with Crippen molar-refractivity contribution in [1.29, 1.82) is 0 Å². The molecule has 0 aromatic rings. The van der Waals surface area contributed by atoms with Crippen LogP contribution >= 0.6 is 0 Å². The normalized spacial score (nSPS) is 32.0. The zero-order valence-corrected chi connectivity index (χ0v) is 10.7. The number of carbonyl (C=O) groups excluding carboxylic acids is 1. The minimum Gasteiger partial charge on any atom is -0.480 e. The summed E-state index contributed by atoms with van der Waals surface area (Å²) in [6, 6.07) is -0.808. The third kappa shape index (κ3) is 2.29. The van der Waals surface area contributed by atoms with Gasteiger partial charge in [0.1, 0.15) is 6.04 Å². The maximum atomic E-state index is 12.3. The topological polar surface area (TPSA) is 86.9 Å². The van der Waals surface area contributed by atoms with E-state index in [1.54, 1.807) is 4.90 Å². The van der Waals surface area contributed by atoms with Gasteiger partial charge in [0.2, 0.25) is 0 Å². The van der Waals surface area contributed by atoms with E-state index in [1.807, 2.05) is 6.92 Å². The van der Waals surface area contributed by atoms with E-state index in [1.165, 1.54) is 4.90 Å². The first kappa shape index (κ1) is 13.1. The van der Waals surface area contributed by atoms with Crippen LogP contribution in [0.1, 0.15) is 19.8 Å². The Labute approximate surface area is 107 Å². The number of nitrogens with zero attached hydrogens (tertiary/aromatic N) is 2. The van der Waals surface area contributed by atoms with Gasteiger partial charge in [0.15, 0.2) is 0 Å². The molecule has 2 saturated heterocycles. The van der Waals surface area contributed by atoms with Gasteiger partial charge in [-0.2, -0.15) is 0 Å². The maximum absolute atomic E-state index is 12.3. The summed E-state index contributed by atoms with van der Waals surface area (Å²) >= 11 is 0. The van der Waals surface area contributed by atoms with Crippen molar-refractivity contribution in [3.8, 4) is 0 Å². The highest BCUT2D eigenvalue weighted by Gasteiger charge is 2.42. The van der Waals surface area contributed by atoms with Crippen molar-refractivity contribution in [3.63, 3.8) is 0 Å². The molecule has 2 heterocycles. The zero-order chi connectivity index (χ0) is 13.3. The molecule has 102 valence electrons. The fourth-order valence-electron chi connectivity index (χ4n) is 2.92. The van der Waals surface area contributed by atoms with Gasteiger partial charge in [-0.1, -0.05) is 6.92 Å². The number of nitrogens with two attached hydrogens (primary N) is 1. The van der Waals surface area contributed by atoms with E-state index in [-0.39, 0.29) is 11.9 Å². The quantitative estimate of drug-likeness (QED) is 0.737. The Morgan fingerprint density at radius 3 is 2.61 bits per heavy atom. The number of amides is 2. The van der Waals surface area contributed by atoms with Crippen LogP contribution in [0.2, 0.25) is 0 Å². The first-order valence-corrected chi connectivity index (χ1v) is 6.53. The Bertz CT molecular complexity index is 347. The predicted molar refractivity (Wildman–Crippen MR) is 66.0 cm³/mol. The Balaban J connectivity index is 2.03. The molecule has 3 atom stereocenters. The first-order chi connectivity index (χ1) is 8.54. The predicted octanol–water partition coefficient (Wildman–Crippen LogP) is 0.182. The summed E-state index contributed by atoms with van der Waals surface area (Å²) in [7, 11) is 0. The number of hydrogen-bond acceptors (Lipinski definition) is 3. The third-order valence-corrected chi connectivity index (χ3v) is 4.09. The monoisotopic (exact) mass is 255 g/mol. The van der Waals surface area contributed by atoms with Crippen LogP contribution in [0.4, 0.5) is 4.79 Å². The van der Waals surface area contributed by atoms with Crippen molar-refractivity contribution in [2.45, 2.75) is 25.8 Å². The van der Waals surface area contributed by atoms with Crippen molar-refractivity contribution in [2.75, 3.05) is 26.2 Å². The molecule has 2 aliphatic rings. The van der Waals surface area contributed by atoms with Crippen molar-refractivity contribution in [3.05, 3.63) is 0 Å². The second-order valence-electron chi connectivity index (χ2n) is 5.36. The van der Waals surface area contributed by atoms with Crippen molar-refractivity contribution in [2.24, 2.45) is 17.6 Å². The molecule has 0 spiro atoms. The van der Waals surface area contributed by atoms with E-state index >= 15 is 0 Å². The van der Waals surface area contributed by atoms with E-state index < -0.39 is 12.0 Å². The maximum Gasteiger partial charge on any atom is 0.326 e. The summed E-state index contributed by atoms with van der Waals surface area (Å²) in [6.45, 7) is 4.37. The molecular weight excluding hydrogens is 234 g/mol. The summed E-state index contributed by atoms with van der Waals surface area (Å²) < 4.78 is 0. The number of carboxylic acid groups (broad SMARTS) is 1. The van der Waals surface area contributed by atoms with Crippen LogP contribution in [0.3, 0.4) is 0 Å². The van der Waals surface area contributed by atoms with Gasteiger partial charge in [-0.3, -0.25) is 0 Å². The van der Waals surface area contributed by atoms with Crippen LogP contribution in [-0.2, 0) is 4.79 Å². The number of rotatable bonds is 2. The molecular formula is C12H21N3O3. The molecule has 0 saturated carbocycles. The highest BCUT2D eigenvalue weighted by Crippen LogP contribution is 2.27. The molecule has 3 unspecified atom stereocenters. The largest absolute Gasteiger partial charge is 0.480 e. The van der Waals surface area contributed by atoms with Gasteiger partial charge in [-0.25, -0.2) is 9.59 Å². The summed E-state index contributed by atoms with van der Waals surface area (Å²) in [5, 5.41) is 9.21. The average Bonchev–Trinajstić information content (AvgIpc) is 2.93. The Morgan fingerprint density at radius 1 is 1.33 bits per heavy atom. The molecule has 2 fully saturated rings. The lowest BCUT2D eigenvalue weighted by molar-refractivity contribution is -0.142. The molecule has 0 aromatic heterocycles. The van der Waals surface area contributed by atoms with E-state index in [0.29, 0.717) is 32.1 Å². The molecule has 18 heavy (non-hydrogen) atoms. The van der Waals surface area contributed by atoms with Gasteiger partial charge < -0.3 is 20.6 Å². The molecule has 0 radical (unpaired) electrons. The minimum atomic E-state index is -0.900. The van der Waals surface area contributed by atoms with Gasteiger partial charge in [0.05, 0.1) is 0 Å². The Kier molecular flexibility index (Phi) is 3.75. The molecule has 3 N–H and O–H groups in total. The molecule has 2 aliphatic heterocycles. The van der Waals surface area contributed by atoms with E-state index in [2.05, 4.69) is 0 Å². The molecule has 6 heteroatoms. The zero-order valence-electron chi connectivity index (χ0n) is 10.7. The smallest absolute Gasteiger partial charge is 0.326 e. The Morgan fingerprint density at radius 2 is 2.06 bits per heavy atom. The lowest BCUT2D eigenvalue weighted by atomic mass is 10.0. The lowest BCUT2D eigenvalue weighted by Gasteiger charge is -2.28. The fourth-order valence-corrected chi connectivity index (χ4v) is 2.92. The number of carbonyl (C=O) groups is 2. The molecule has 0 aliphatic carbocycles. The van der Waals surface area contributed by atoms with E-state index in [9.17, 15) is 14.7 Å². The molecule has 6 nitrogen and oxygen atoms in total. The second kappa shape index (κ2) is 5.14. The van der Waals surface area contributed by atoms with Crippen LogP contribution in [0.5, 0.6) is 0 Å². The van der Waals surface area contributed by atoms with Crippen molar-refractivity contribution >= 4 is 12.0 Å². The van der Waals surface area contributed by atoms with Crippen LogP contribution in [0.15, 0.2) is 0 Å². The summed E-state index contributed by atoms with van der Waals surface area (Å²) in [6.07, 6.45) is 1.68. The van der Waals surface area contributed by atoms with Gasteiger partial charge >= 0.3 is 12.0 Å². The minimum absolute atomic E-state index is 0.0272. The third-order valence-electron chi connectivity index (χ3n) is 4.09. The number of urea groups is 1. The SMILES string of the molecule is CC1CCN(C(=O)N2CCC(CN)C2)C1C(=O)O. The summed E-state index contributed by atoms with van der Waals surface area (Å²) in [5.74, 6) is -0.514. The van der Waals surface area contributed by atoms with Crippen molar-refractivity contribution < 1.29 is 14.7 Å². The van der Waals surface area contributed by atoms with Crippen LogP contribution in [0.25, 0.3) is 0 Å². The highest BCUT2D eigenvalue weighted by molar-refractivity contribution is 5.83. The van der Waals surface area contributed by atoms with Gasteiger partial charge in [-0.05, 0) is 31.2 Å². The average molecular weight is 255 g/mol. The molecule has 2 rings (SSSR count). The molecule has 0 aromatic carbocycles. The summed E-state index contributed by atoms with van der Waals surface area (Å²) in [5.41, 5.74) is 5.60. The Hall–Kier alpha value is -1.30.